The molecule has 0 spiro atoms. The van der Waals surface area contributed by atoms with Crippen molar-refractivity contribution in [1.29, 1.82) is 5.26 Å². The van der Waals surface area contributed by atoms with E-state index >= 15 is 0 Å². The van der Waals surface area contributed by atoms with Gasteiger partial charge in [0, 0.05) is 24.9 Å². The van der Waals surface area contributed by atoms with Gasteiger partial charge in [-0.1, -0.05) is 13.0 Å². The van der Waals surface area contributed by atoms with E-state index in [0.29, 0.717) is 12.8 Å². The first-order valence-electron chi connectivity index (χ1n) is 5.01. The molecule has 0 radical (unpaired) electrons. The van der Waals surface area contributed by atoms with Crippen LogP contribution in [0.3, 0.4) is 0 Å². The van der Waals surface area contributed by atoms with Crippen LogP contribution in [-0.4, -0.2) is 23.4 Å². The summed E-state index contributed by atoms with van der Waals surface area (Å²) in [6, 6.07) is 2.22. The number of amides is 1. The number of likely N-dealkylation sites (tertiary alicyclic amines) is 1. The molecule has 14 heavy (non-hydrogen) atoms. The minimum absolute atomic E-state index is 0.0949. The molecule has 1 heterocycles. The van der Waals surface area contributed by atoms with Crippen molar-refractivity contribution in [2.45, 2.75) is 32.2 Å². The summed E-state index contributed by atoms with van der Waals surface area (Å²) in [5.41, 5.74) is 0. The minimum Gasteiger partial charge on any atom is -0.338 e. The fourth-order valence-corrected chi connectivity index (χ4v) is 1.85. The van der Waals surface area contributed by atoms with Crippen LogP contribution in [0.5, 0.6) is 0 Å². The summed E-state index contributed by atoms with van der Waals surface area (Å²) in [6.45, 7) is 6.45. The van der Waals surface area contributed by atoms with E-state index in [4.69, 9.17) is 5.26 Å². The lowest BCUT2D eigenvalue weighted by molar-refractivity contribution is -0.129. The maximum absolute atomic E-state index is 11.6. The Balaban J connectivity index is 2.63. The van der Waals surface area contributed by atoms with Gasteiger partial charge >= 0.3 is 0 Å². The van der Waals surface area contributed by atoms with Gasteiger partial charge in [0.2, 0.25) is 5.91 Å². The highest BCUT2D eigenvalue weighted by Gasteiger charge is 2.31. The number of nitrogens with zero attached hydrogens (tertiary/aromatic N) is 2. The molecule has 0 aromatic heterocycles. The summed E-state index contributed by atoms with van der Waals surface area (Å²) in [7, 11) is 0. The average Bonchev–Trinajstić information content (AvgIpc) is 2.56. The zero-order chi connectivity index (χ0) is 10.6. The molecule has 1 rings (SSSR count). The Morgan fingerprint density at radius 1 is 1.86 bits per heavy atom. The summed E-state index contributed by atoms with van der Waals surface area (Å²) in [6.07, 6.45) is 3.68. The first kappa shape index (κ1) is 10.8. The van der Waals surface area contributed by atoms with E-state index in [1.54, 1.807) is 0 Å². The molecule has 0 N–H and O–H groups in total. The number of carbonyl (C=O) groups excluding carboxylic acids is 1. The van der Waals surface area contributed by atoms with Crippen LogP contribution >= 0.6 is 0 Å². The molecule has 0 saturated carbocycles. The molecule has 2 unspecified atom stereocenters. The maximum atomic E-state index is 11.6. The average molecular weight is 192 g/mol. The van der Waals surface area contributed by atoms with E-state index in [1.165, 1.54) is 0 Å². The van der Waals surface area contributed by atoms with Gasteiger partial charge in [-0.25, -0.2) is 0 Å². The molecular weight excluding hydrogens is 176 g/mol. The van der Waals surface area contributed by atoms with E-state index in [2.05, 4.69) is 12.6 Å². The number of hydrogen-bond donors (Lipinski definition) is 0. The fraction of sp³-hybridized carbons (Fsp3) is 0.636. The van der Waals surface area contributed by atoms with E-state index in [9.17, 15) is 4.79 Å². The van der Waals surface area contributed by atoms with Crippen LogP contribution in [0, 0.1) is 17.2 Å². The van der Waals surface area contributed by atoms with Gasteiger partial charge in [0.15, 0.2) is 0 Å². The molecule has 1 aliphatic heterocycles. The summed E-state index contributed by atoms with van der Waals surface area (Å²) < 4.78 is 0. The lowest BCUT2D eigenvalue weighted by Gasteiger charge is -2.24. The molecule has 1 aliphatic rings. The first-order valence-corrected chi connectivity index (χ1v) is 5.01. The highest BCUT2D eigenvalue weighted by Crippen LogP contribution is 2.23. The Morgan fingerprint density at radius 3 is 3.00 bits per heavy atom. The predicted molar refractivity (Wildman–Crippen MR) is 54.3 cm³/mol. The number of hydrogen-bond acceptors (Lipinski definition) is 2. The van der Waals surface area contributed by atoms with Crippen molar-refractivity contribution >= 4 is 5.91 Å². The summed E-state index contributed by atoms with van der Waals surface area (Å²) in [5.74, 6) is 0.437. The minimum atomic E-state index is 0.0949. The van der Waals surface area contributed by atoms with Crippen molar-refractivity contribution in [2.24, 2.45) is 5.92 Å². The topological polar surface area (TPSA) is 44.1 Å². The molecule has 3 heteroatoms. The monoisotopic (exact) mass is 192 g/mol. The SMILES string of the molecule is C=CC1CC(=O)N(C(CC)CC#N)C1. The molecule has 0 bridgehead atoms. The van der Waals surface area contributed by atoms with Crippen molar-refractivity contribution in [2.75, 3.05) is 6.54 Å². The molecule has 0 aliphatic carbocycles. The lowest BCUT2D eigenvalue weighted by Crippen LogP contribution is -2.35. The van der Waals surface area contributed by atoms with Crippen molar-refractivity contribution in [3.63, 3.8) is 0 Å². The van der Waals surface area contributed by atoms with Gasteiger partial charge in [0.25, 0.3) is 0 Å². The van der Waals surface area contributed by atoms with Gasteiger partial charge < -0.3 is 4.90 Å². The molecule has 1 fully saturated rings. The number of carbonyl (C=O) groups is 1. The maximum Gasteiger partial charge on any atom is 0.223 e. The van der Waals surface area contributed by atoms with Crippen LogP contribution < -0.4 is 0 Å². The van der Waals surface area contributed by atoms with Crippen molar-refractivity contribution in [3.8, 4) is 6.07 Å². The van der Waals surface area contributed by atoms with E-state index in [-0.39, 0.29) is 17.9 Å². The van der Waals surface area contributed by atoms with Crippen LogP contribution in [-0.2, 0) is 4.79 Å². The largest absolute Gasteiger partial charge is 0.338 e. The van der Waals surface area contributed by atoms with Gasteiger partial charge in [0.1, 0.15) is 0 Å². The normalized spacial score (nSPS) is 23.3. The zero-order valence-corrected chi connectivity index (χ0v) is 8.57. The number of rotatable bonds is 4. The second kappa shape index (κ2) is 4.80. The summed E-state index contributed by atoms with van der Waals surface area (Å²) >= 11 is 0. The standard InChI is InChI=1S/C11H16N2O/c1-3-9-7-11(14)13(8-9)10(4-2)5-6-12/h3,9-10H,1,4-5,7-8H2,2H3. The van der Waals surface area contributed by atoms with Gasteiger partial charge in [0.05, 0.1) is 12.5 Å². The Labute approximate surface area is 85.0 Å². The van der Waals surface area contributed by atoms with Crippen molar-refractivity contribution in [3.05, 3.63) is 12.7 Å². The third kappa shape index (κ3) is 2.14. The molecule has 76 valence electrons. The molecule has 0 aromatic carbocycles. The van der Waals surface area contributed by atoms with E-state index in [1.807, 2.05) is 17.9 Å². The second-order valence-corrected chi connectivity index (χ2v) is 3.67. The van der Waals surface area contributed by atoms with Crippen molar-refractivity contribution < 1.29 is 4.79 Å². The van der Waals surface area contributed by atoms with Crippen LogP contribution in [0.1, 0.15) is 26.2 Å². The Morgan fingerprint density at radius 2 is 2.57 bits per heavy atom. The van der Waals surface area contributed by atoms with Gasteiger partial charge in [-0.2, -0.15) is 5.26 Å². The van der Waals surface area contributed by atoms with Crippen LogP contribution in [0.25, 0.3) is 0 Å². The van der Waals surface area contributed by atoms with Crippen molar-refractivity contribution in [1.82, 2.24) is 4.90 Å². The summed E-state index contributed by atoms with van der Waals surface area (Å²) in [4.78, 5) is 13.4. The van der Waals surface area contributed by atoms with Crippen LogP contribution in [0.15, 0.2) is 12.7 Å². The van der Waals surface area contributed by atoms with Gasteiger partial charge in [-0.15, -0.1) is 6.58 Å². The van der Waals surface area contributed by atoms with Crippen LogP contribution in [0.2, 0.25) is 0 Å². The number of nitriles is 1. The van der Waals surface area contributed by atoms with E-state index < -0.39 is 0 Å². The molecular formula is C11H16N2O. The quantitative estimate of drug-likeness (QED) is 0.636. The Kier molecular flexibility index (Phi) is 3.70. The smallest absolute Gasteiger partial charge is 0.223 e. The highest BCUT2D eigenvalue weighted by atomic mass is 16.2. The Bertz CT molecular complexity index is 267. The molecule has 1 amide bonds. The lowest BCUT2D eigenvalue weighted by atomic mass is 10.1. The third-order valence-corrected chi connectivity index (χ3v) is 2.76. The van der Waals surface area contributed by atoms with Gasteiger partial charge in [-0.05, 0) is 6.42 Å². The third-order valence-electron chi connectivity index (χ3n) is 2.76. The summed E-state index contributed by atoms with van der Waals surface area (Å²) in [5, 5.41) is 8.63. The zero-order valence-electron chi connectivity index (χ0n) is 8.57. The highest BCUT2D eigenvalue weighted by molar-refractivity contribution is 5.79. The molecule has 1 saturated heterocycles. The molecule has 0 aromatic rings. The van der Waals surface area contributed by atoms with Gasteiger partial charge in [-0.3, -0.25) is 4.79 Å². The molecule has 3 nitrogen and oxygen atoms in total. The first-order chi connectivity index (χ1) is 6.72. The van der Waals surface area contributed by atoms with Crippen LogP contribution in [0.4, 0.5) is 0 Å². The molecule has 2 atom stereocenters. The predicted octanol–water partition coefficient (Wildman–Crippen LogP) is 1.71. The fourth-order valence-electron chi connectivity index (χ4n) is 1.85. The second-order valence-electron chi connectivity index (χ2n) is 3.67. The van der Waals surface area contributed by atoms with E-state index in [0.717, 1.165) is 13.0 Å². The Hall–Kier alpha value is -1.30.